The Balaban J connectivity index is 1.51. The maximum absolute atomic E-state index is 6.23. The van der Waals surface area contributed by atoms with Gasteiger partial charge in [0.1, 0.15) is 5.75 Å². The third kappa shape index (κ3) is 4.15. The van der Waals surface area contributed by atoms with Crippen LogP contribution in [0.15, 0.2) is 72.8 Å². The van der Waals surface area contributed by atoms with E-state index in [9.17, 15) is 0 Å². The Morgan fingerprint density at radius 3 is 2.28 bits per heavy atom. The first-order chi connectivity index (χ1) is 14.0. The number of ether oxygens (including phenoxy) is 1. The second-order valence-corrected chi connectivity index (χ2v) is 8.50. The summed E-state index contributed by atoms with van der Waals surface area (Å²) in [5.41, 5.74) is 4.07. The molecule has 29 heavy (non-hydrogen) atoms. The van der Waals surface area contributed by atoms with Gasteiger partial charge in [-0.3, -0.25) is 0 Å². The van der Waals surface area contributed by atoms with Gasteiger partial charge >= 0.3 is 0 Å². The van der Waals surface area contributed by atoms with Crippen molar-refractivity contribution in [1.29, 1.82) is 0 Å². The lowest BCUT2D eigenvalue weighted by Crippen LogP contribution is -2.04. The van der Waals surface area contributed by atoms with Crippen LogP contribution in [0.3, 0.4) is 0 Å². The zero-order valence-electron chi connectivity index (χ0n) is 17.9. The molecule has 0 fully saturated rings. The highest BCUT2D eigenvalue weighted by Gasteiger charge is 2.11. The lowest BCUT2D eigenvalue weighted by Gasteiger charge is -2.17. The summed E-state index contributed by atoms with van der Waals surface area (Å²) in [7, 11) is 0. The molecule has 0 spiro atoms. The molecule has 4 aromatic rings. The van der Waals surface area contributed by atoms with Crippen LogP contribution in [-0.4, -0.2) is 6.61 Å². The molecule has 0 amide bonds. The van der Waals surface area contributed by atoms with Gasteiger partial charge in [-0.05, 0) is 70.0 Å². The predicted octanol–water partition coefficient (Wildman–Crippen LogP) is 8.00. The SMILES string of the molecule is Cc1ccc2c(C(C)CCOc3cc(C(C)C)c4ccccc4c3)cccc2c1. The van der Waals surface area contributed by atoms with Crippen LogP contribution in [0.25, 0.3) is 21.5 Å². The maximum atomic E-state index is 6.23. The van der Waals surface area contributed by atoms with E-state index in [1.54, 1.807) is 0 Å². The highest BCUT2D eigenvalue weighted by Crippen LogP contribution is 2.32. The van der Waals surface area contributed by atoms with Crippen LogP contribution < -0.4 is 4.74 Å². The number of hydrogen-bond acceptors (Lipinski definition) is 1. The molecule has 0 radical (unpaired) electrons. The normalized spacial score (nSPS) is 12.6. The van der Waals surface area contributed by atoms with Gasteiger partial charge < -0.3 is 4.74 Å². The number of fused-ring (bicyclic) bond motifs is 2. The Hall–Kier alpha value is -2.80. The standard InChI is InChI=1S/C28H30O/c1-19(2)28-18-24(17-23-8-5-6-10-26(23)28)29-15-14-21(4)25-11-7-9-22-16-20(3)12-13-27(22)25/h5-13,16-19,21H,14-15H2,1-4H3. The van der Waals surface area contributed by atoms with Crippen molar-refractivity contribution in [2.75, 3.05) is 6.61 Å². The molecule has 4 aromatic carbocycles. The smallest absolute Gasteiger partial charge is 0.120 e. The fourth-order valence-electron chi connectivity index (χ4n) is 4.24. The summed E-state index contributed by atoms with van der Waals surface area (Å²) in [6, 6.07) is 26.4. The summed E-state index contributed by atoms with van der Waals surface area (Å²) in [4.78, 5) is 0. The molecule has 0 N–H and O–H groups in total. The topological polar surface area (TPSA) is 9.23 Å². The van der Waals surface area contributed by atoms with Gasteiger partial charge in [0.2, 0.25) is 0 Å². The Kier molecular flexibility index (Phi) is 5.58. The molecule has 0 aliphatic heterocycles. The molecule has 1 atom stereocenters. The summed E-state index contributed by atoms with van der Waals surface area (Å²) in [5.74, 6) is 1.90. The summed E-state index contributed by atoms with van der Waals surface area (Å²) in [5, 5.41) is 5.27. The van der Waals surface area contributed by atoms with Crippen LogP contribution >= 0.6 is 0 Å². The van der Waals surface area contributed by atoms with Crippen molar-refractivity contribution in [1.82, 2.24) is 0 Å². The van der Waals surface area contributed by atoms with Crippen LogP contribution in [0.1, 0.15) is 55.7 Å². The first-order valence-corrected chi connectivity index (χ1v) is 10.7. The van der Waals surface area contributed by atoms with E-state index in [2.05, 4.69) is 100 Å². The number of rotatable bonds is 6. The lowest BCUT2D eigenvalue weighted by atomic mass is 9.92. The van der Waals surface area contributed by atoms with Crippen molar-refractivity contribution in [2.45, 2.75) is 46.0 Å². The minimum atomic E-state index is 0.450. The molecule has 4 rings (SSSR count). The molecule has 0 saturated heterocycles. The van der Waals surface area contributed by atoms with Gasteiger partial charge in [0.25, 0.3) is 0 Å². The molecule has 0 aromatic heterocycles. The zero-order chi connectivity index (χ0) is 20.4. The van der Waals surface area contributed by atoms with Crippen LogP contribution in [0.5, 0.6) is 5.75 Å². The number of hydrogen-bond donors (Lipinski definition) is 0. The first kappa shape index (κ1) is 19.5. The predicted molar refractivity (Wildman–Crippen MR) is 125 cm³/mol. The van der Waals surface area contributed by atoms with Crippen molar-refractivity contribution < 1.29 is 4.74 Å². The fourth-order valence-corrected chi connectivity index (χ4v) is 4.24. The molecule has 0 aliphatic carbocycles. The molecular formula is C28H30O. The minimum absolute atomic E-state index is 0.450. The van der Waals surface area contributed by atoms with E-state index < -0.39 is 0 Å². The van der Waals surface area contributed by atoms with Crippen LogP contribution in [0, 0.1) is 6.92 Å². The summed E-state index contributed by atoms with van der Waals surface area (Å²) >= 11 is 0. The van der Waals surface area contributed by atoms with E-state index >= 15 is 0 Å². The largest absolute Gasteiger partial charge is 0.494 e. The average Bonchev–Trinajstić information content (AvgIpc) is 2.72. The molecule has 148 valence electrons. The van der Waals surface area contributed by atoms with E-state index in [0.717, 1.165) is 18.8 Å². The van der Waals surface area contributed by atoms with Crippen molar-refractivity contribution in [2.24, 2.45) is 0 Å². The van der Waals surface area contributed by atoms with Crippen LogP contribution in [0.4, 0.5) is 0 Å². The highest BCUT2D eigenvalue weighted by atomic mass is 16.5. The quantitative estimate of drug-likeness (QED) is 0.328. The molecule has 1 unspecified atom stereocenters. The Morgan fingerprint density at radius 1 is 0.724 bits per heavy atom. The molecule has 0 saturated carbocycles. The summed E-state index contributed by atoms with van der Waals surface area (Å²) < 4.78 is 6.23. The summed E-state index contributed by atoms with van der Waals surface area (Å²) in [6.07, 6.45) is 0.997. The summed E-state index contributed by atoms with van der Waals surface area (Å²) in [6.45, 7) is 9.67. The Bertz CT molecular complexity index is 1140. The monoisotopic (exact) mass is 382 g/mol. The average molecular weight is 383 g/mol. The van der Waals surface area contributed by atoms with E-state index in [1.165, 1.54) is 38.2 Å². The molecule has 0 aliphatic rings. The lowest BCUT2D eigenvalue weighted by molar-refractivity contribution is 0.301. The minimum Gasteiger partial charge on any atom is -0.494 e. The van der Waals surface area contributed by atoms with Gasteiger partial charge in [0, 0.05) is 0 Å². The third-order valence-corrected chi connectivity index (χ3v) is 5.91. The van der Waals surface area contributed by atoms with Crippen molar-refractivity contribution >= 4 is 21.5 Å². The van der Waals surface area contributed by atoms with Crippen molar-refractivity contribution in [3.8, 4) is 5.75 Å². The fraction of sp³-hybridized carbons (Fsp3) is 0.286. The van der Waals surface area contributed by atoms with Gasteiger partial charge in [-0.2, -0.15) is 0 Å². The second kappa shape index (κ2) is 8.29. The molecular weight excluding hydrogens is 352 g/mol. The van der Waals surface area contributed by atoms with Gasteiger partial charge in [-0.1, -0.05) is 87.0 Å². The van der Waals surface area contributed by atoms with E-state index in [-0.39, 0.29) is 0 Å². The van der Waals surface area contributed by atoms with Crippen molar-refractivity contribution in [3.05, 3.63) is 89.5 Å². The van der Waals surface area contributed by atoms with Gasteiger partial charge in [0.05, 0.1) is 6.61 Å². The molecule has 0 bridgehead atoms. The third-order valence-electron chi connectivity index (χ3n) is 5.91. The Labute approximate surface area is 174 Å². The maximum Gasteiger partial charge on any atom is 0.120 e. The molecule has 1 nitrogen and oxygen atoms in total. The van der Waals surface area contributed by atoms with E-state index in [4.69, 9.17) is 4.74 Å². The number of benzene rings is 4. The van der Waals surface area contributed by atoms with Crippen molar-refractivity contribution in [3.63, 3.8) is 0 Å². The van der Waals surface area contributed by atoms with Crippen LogP contribution in [0.2, 0.25) is 0 Å². The van der Waals surface area contributed by atoms with E-state index in [1.807, 2.05) is 0 Å². The van der Waals surface area contributed by atoms with Gasteiger partial charge in [0.15, 0.2) is 0 Å². The zero-order valence-corrected chi connectivity index (χ0v) is 17.9. The van der Waals surface area contributed by atoms with E-state index in [0.29, 0.717) is 11.8 Å². The molecule has 1 heteroatoms. The molecule has 0 heterocycles. The van der Waals surface area contributed by atoms with Gasteiger partial charge in [-0.25, -0.2) is 0 Å². The first-order valence-electron chi connectivity index (χ1n) is 10.7. The Morgan fingerprint density at radius 2 is 1.45 bits per heavy atom. The van der Waals surface area contributed by atoms with Gasteiger partial charge in [-0.15, -0.1) is 0 Å². The van der Waals surface area contributed by atoms with Crippen LogP contribution in [-0.2, 0) is 0 Å². The highest BCUT2D eigenvalue weighted by molar-refractivity contribution is 5.88. The number of aryl methyl sites for hydroxylation is 1. The second-order valence-electron chi connectivity index (χ2n) is 8.50.